The average molecular weight is 253 g/mol. The van der Waals surface area contributed by atoms with Crippen LogP contribution in [0.25, 0.3) is 0 Å². The van der Waals surface area contributed by atoms with Gasteiger partial charge in [-0.2, -0.15) is 8.42 Å². The molecule has 1 aromatic rings. The van der Waals surface area contributed by atoms with E-state index in [1.807, 2.05) is 0 Å². The van der Waals surface area contributed by atoms with E-state index in [0.29, 0.717) is 16.3 Å². The second-order valence-corrected chi connectivity index (χ2v) is 4.84. The predicted octanol–water partition coefficient (Wildman–Crippen LogP) is 2.19. The van der Waals surface area contributed by atoms with E-state index in [-0.39, 0.29) is 6.42 Å². The van der Waals surface area contributed by atoms with Gasteiger partial charge in [-0.15, -0.1) is 3.89 Å². The van der Waals surface area contributed by atoms with E-state index in [1.54, 1.807) is 18.2 Å². The van der Waals surface area contributed by atoms with Crippen LogP contribution in [0.5, 0.6) is 5.75 Å². The third kappa shape index (κ3) is 4.05. The number of rotatable bonds is 4. The van der Waals surface area contributed by atoms with E-state index in [1.165, 1.54) is 7.11 Å². The fourth-order valence-electron chi connectivity index (χ4n) is 1.09. The van der Waals surface area contributed by atoms with Crippen LogP contribution in [0.1, 0.15) is 5.56 Å². The standard InChI is InChI=1S/C9H10ClFO3S/c1-14-8-3-2-7(9(10)6-8)4-5-15(11,12)13/h2-3,6H,4-5H2,1H3. The number of halogens is 2. The maximum atomic E-state index is 12.3. The first kappa shape index (κ1) is 12.3. The average Bonchev–Trinajstić information content (AvgIpc) is 2.14. The van der Waals surface area contributed by atoms with Gasteiger partial charge in [0.05, 0.1) is 12.9 Å². The number of methoxy groups -OCH3 is 1. The molecule has 0 aliphatic carbocycles. The van der Waals surface area contributed by atoms with Gasteiger partial charge in [0.15, 0.2) is 0 Å². The minimum absolute atomic E-state index is 0.0572. The Hall–Kier alpha value is -0.810. The van der Waals surface area contributed by atoms with Gasteiger partial charge >= 0.3 is 10.2 Å². The normalized spacial score (nSPS) is 11.4. The molecule has 84 valence electrons. The highest BCUT2D eigenvalue weighted by Gasteiger charge is 2.09. The lowest BCUT2D eigenvalue weighted by atomic mass is 10.2. The summed E-state index contributed by atoms with van der Waals surface area (Å²) in [5.41, 5.74) is 0.582. The first-order valence-corrected chi connectivity index (χ1v) is 6.10. The Kier molecular flexibility index (Phi) is 3.93. The van der Waals surface area contributed by atoms with Gasteiger partial charge in [-0.05, 0) is 24.1 Å². The summed E-state index contributed by atoms with van der Waals surface area (Å²) in [5.74, 6) is 0.0193. The summed E-state index contributed by atoms with van der Waals surface area (Å²) in [6.07, 6.45) is 0.0572. The highest BCUT2D eigenvalue weighted by Crippen LogP contribution is 2.23. The molecule has 0 N–H and O–H groups in total. The summed E-state index contributed by atoms with van der Waals surface area (Å²) < 4.78 is 37.8. The summed E-state index contributed by atoms with van der Waals surface area (Å²) in [6.45, 7) is 0. The van der Waals surface area contributed by atoms with Crippen LogP contribution >= 0.6 is 11.6 Å². The van der Waals surface area contributed by atoms with E-state index >= 15 is 0 Å². The first-order chi connectivity index (χ1) is 6.92. The van der Waals surface area contributed by atoms with Crippen molar-refractivity contribution in [2.75, 3.05) is 12.9 Å². The van der Waals surface area contributed by atoms with Crippen LogP contribution in [0, 0.1) is 0 Å². The van der Waals surface area contributed by atoms with Crippen LogP contribution in [0.2, 0.25) is 5.02 Å². The molecular formula is C9H10ClFO3S. The summed E-state index contributed by atoms with van der Waals surface area (Å²) in [4.78, 5) is 0. The Balaban J connectivity index is 2.79. The second kappa shape index (κ2) is 4.81. The largest absolute Gasteiger partial charge is 0.497 e. The van der Waals surface area contributed by atoms with Gasteiger partial charge < -0.3 is 4.74 Å². The van der Waals surface area contributed by atoms with Gasteiger partial charge in [0.2, 0.25) is 0 Å². The van der Waals surface area contributed by atoms with Gasteiger partial charge in [-0.25, -0.2) is 0 Å². The smallest absolute Gasteiger partial charge is 0.302 e. The zero-order chi connectivity index (χ0) is 11.5. The van der Waals surface area contributed by atoms with E-state index in [9.17, 15) is 12.3 Å². The molecule has 0 bridgehead atoms. The fraction of sp³-hybridized carbons (Fsp3) is 0.333. The highest BCUT2D eigenvalue weighted by molar-refractivity contribution is 7.86. The topological polar surface area (TPSA) is 43.4 Å². The minimum Gasteiger partial charge on any atom is -0.497 e. The van der Waals surface area contributed by atoms with Crippen molar-refractivity contribution >= 4 is 21.8 Å². The summed E-state index contributed by atoms with van der Waals surface area (Å²) in [6, 6.07) is 4.82. The number of aryl methyl sites for hydroxylation is 1. The molecular weight excluding hydrogens is 243 g/mol. The lowest BCUT2D eigenvalue weighted by molar-refractivity contribution is 0.414. The van der Waals surface area contributed by atoms with Crippen LogP contribution < -0.4 is 4.74 Å². The Morgan fingerprint density at radius 2 is 2.13 bits per heavy atom. The molecule has 0 saturated carbocycles. The van der Waals surface area contributed by atoms with Gasteiger partial charge in [-0.3, -0.25) is 0 Å². The highest BCUT2D eigenvalue weighted by atomic mass is 35.5. The Bertz CT molecular complexity index is 445. The third-order valence-electron chi connectivity index (χ3n) is 1.88. The number of hydrogen-bond donors (Lipinski definition) is 0. The lowest BCUT2D eigenvalue weighted by Gasteiger charge is -2.05. The molecule has 0 radical (unpaired) electrons. The molecule has 0 aliphatic heterocycles. The summed E-state index contributed by atoms with van der Waals surface area (Å²) in [7, 11) is -2.95. The van der Waals surface area contributed by atoms with Crippen molar-refractivity contribution in [2.24, 2.45) is 0 Å². The number of benzene rings is 1. The molecule has 0 saturated heterocycles. The Morgan fingerprint density at radius 1 is 1.47 bits per heavy atom. The van der Waals surface area contributed by atoms with Crippen molar-refractivity contribution in [3.05, 3.63) is 28.8 Å². The van der Waals surface area contributed by atoms with E-state index in [4.69, 9.17) is 16.3 Å². The lowest BCUT2D eigenvalue weighted by Crippen LogP contribution is -2.02. The van der Waals surface area contributed by atoms with Crippen molar-refractivity contribution in [3.8, 4) is 5.75 Å². The molecule has 0 aliphatic rings. The summed E-state index contributed by atoms with van der Waals surface area (Å²) >= 11 is 5.84. The van der Waals surface area contributed by atoms with Crippen LogP contribution in [-0.2, 0) is 16.6 Å². The quantitative estimate of drug-likeness (QED) is 0.772. The molecule has 1 aromatic carbocycles. The number of ether oxygens (including phenoxy) is 1. The van der Waals surface area contributed by atoms with Gasteiger partial charge in [-0.1, -0.05) is 17.7 Å². The van der Waals surface area contributed by atoms with Crippen molar-refractivity contribution < 1.29 is 17.0 Å². The maximum Gasteiger partial charge on any atom is 0.302 e. The molecule has 1 rings (SSSR count). The summed E-state index contributed by atoms with van der Waals surface area (Å²) in [5, 5.41) is 0.373. The fourth-order valence-corrected chi connectivity index (χ4v) is 1.82. The van der Waals surface area contributed by atoms with Gasteiger partial charge in [0.25, 0.3) is 0 Å². The maximum absolute atomic E-state index is 12.3. The molecule has 0 atom stereocenters. The number of hydrogen-bond acceptors (Lipinski definition) is 3. The Labute approximate surface area is 93.0 Å². The monoisotopic (exact) mass is 252 g/mol. The molecule has 6 heteroatoms. The van der Waals surface area contributed by atoms with Gasteiger partial charge in [0.1, 0.15) is 5.75 Å². The molecule has 0 heterocycles. The first-order valence-electron chi connectivity index (χ1n) is 4.17. The molecule has 0 amide bonds. The van der Waals surface area contributed by atoms with Crippen LogP contribution in [0.3, 0.4) is 0 Å². The SMILES string of the molecule is COc1ccc(CCS(=O)(=O)F)c(Cl)c1. The molecule has 0 spiro atoms. The van der Waals surface area contributed by atoms with Gasteiger partial charge in [0, 0.05) is 5.02 Å². The molecule has 15 heavy (non-hydrogen) atoms. The third-order valence-corrected chi connectivity index (χ3v) is 2.92. The van der Waals surface area contributed by atoms with Crippen LogP contribution in [0.4, 0.5) is 3.89 Å². The molecule has 3 nitrogen and oxygen atoms in total. The van der Waals surface area contributed by atoms with Crippen molar-refractivity contribution in [3.63, 3.8) is 0 Å². The van der Waals surface area contributed by atoms with E-state index in [2.05, 4.69) is 0 Å². The molecule has 0 aromatic heterocycles. The van der Waals surface area contributed by atoms with Crippen LogP contribution in [0.15, 0.2) is 18.2 Å². The zero-order valence-corrected chi connectivity index (χ0v) is 9.61. The van der Waals surface area contributed by atoms with Crippen molar-refractivity contribution in [2.45, 2.75) is 6.42 Å². The zero-order valence-electron chi connectivity index (χ0n) is 8.04. The van der Waals surface area contributed by atoms with Crippen molar-refractivity contribution in [1.29, 1.82) is 0 Å². The Morgan fingerprint density at radius 3 is 2.60 bits per heavy atom. The molecule has 0 fully saturated rings. The van der Waals surface area contributed by atoms with Crippen LogP contribution in [-0.4, -0.2) is 21.3 Å². The van der Waals surface area contributed by atoms with E-state index < -0.39 is 16.0 Å². The minimum atomic E-state index is -4.44. The van der Waals surface area contributed by atoms with Crippen molar-refractivity contribution in [1.82, 2.24) is 0 Å². The molecule has 0 unspecified atom stereocenters. The van der Waals surface area contributed by atoms with E-state index in [0.717, 1.165) is 0 Å². The predicted molar refractivity (Wildman–Crippen MR) is 56.6 cm³/mol. The second-order valence-electron chi connectivity index (χ2n) is 2.95.